The molecule has 3 nitrogen and oxygen atoms in total. The Kier molecular flexibility index (Phi) is 3.24. The molecule has 0 saturated heterocycles. The van der Waals surface area contributed by atoms with Gasteiger partial charge in [-0.1, -0.05) is 6.08 Å². The molecule has 0 saturated carbocycles. The second-order valence-electron chi connectivity index (χ2n) is 4.61. The van der Waals surface area contributed by atoms with E-state index >= 15 is 0 Å². The maximum absolute atomic E-state index is 12.2. The van der Waals surface area contributed by atoms with Crippen LogP contribution in [0, 0.1) is 13.8 Å². The summed E-state index contributed by atoms with van der Waals surface area (Å²) >= 11 is 0. The lowest BCUT2D eigenvalue weighted by Crippen LogP contribution is -2.26. The van der Waals surface area contributed by atoms with Crippen molar-refractivity contribution in [2.45, 2.75) is 13.8 Å². The Morgan fingerprint density at radius 3 is 2.83 bits per heavy atom. The summed E-state index contributed by atoms with van der Waals surface area (Å²) in [6.45, 7) is 8.31. The van der Waals surface area contributed by atoms with Crippen LogP contribution >= 0.6 is 0 Å². The summed E-state index contributed by atoms with van der Waals surface area (Å²) in [5.74, 6) is 0.0232. The summed E-state index contributed by atoms with van der Waals surface area (Å²) < 4.78 is 0. The zero-order valence-corrected chi connectivity index (χ0v) is 11.1. The molecule has 0 bridgehead atoms. The fourth-order valence-electron chi connectivity index (χ4n) is 2.09. The number of aryl methyl sites for hydroxylation is 2. The van der Waals surface area contributed by atoms with E-state index in [0.29, 0.717) is 12.1 Å². The molecule has 0 aliphatic carbocycles. The molecule has 18 heavy (non-hydrogen) atoms. The maximum atomic E-state index is 12.2. The highest BCUT2D eigenvalue weighted by molar-refractivity contribution is 5.99. The van der Waals surface area contributed by atoms with Crippen molar-refractivity contribution >= 4 is 16.8 Å². The quantitative estimate of drug-likeness (QED) is 0.825. The molecule has 0 atom stereocenters. The molecule has 0 aliphatic rings. The van der Waals surface area contributed by atoms with Crippen LogP contribution in [-0.4, -0.2) is 29.4 Å². The fraction of sp³-hybridized carbons (Fsp3) is 0.267. The molecule has 0 aliphatic heterocycles. The van der Waals surface area contributed by atoms with Gasteiger partial charge in [-0.3, -0.25) is 4.79 Å². The minimum absolute atomic E-state index is 0.0232. The standard InChI is InChI=1S/C15H18N2O/c1-5-8-17(4)15(18)12-6-7-14-13(9-12)10(2)11(3)16-14/h5-7,9,16H,1,8H2,2-4H3. The normalized spacial score (nSPS) is 10.6. The highest BCUT2D eigenvalue weighted by atomic mass is 16.2. The average Bonchev–Trinajstić information content (AvgIpc) is 2.64. The number of nitrogens with one attached hydrogen (secondary N) is 1. The molecule has 94 valence electrons. The van der Waals surface area contributed by atoms with E-state index < -0.39 is 0 Å². The third-order valence-corrected chi connectivity index (χ3v) is 3.30. The minimum atomic E-state index is 0.0232. The van der Waals surface area contributed by atoms with Gasteiger partial charge in [-0.05, 0) is 37.6 Å². The van der Waals surface area contributed by atoms with Gasteiger partial charge in [-0.2, -0.15) is 0 Å². The molecule has 1 aromatic heterocycles. The Morgan fingerprint density at radius 2 is 2.17 bits per heavy atom. The van der Waals surface area contributed by atoms with Crippen molar-refractivity contribution in [1.29, 1.82) is 0 Å². The Hall–Kier alpha value is -2.03. The molecule has 0 unspecified atom stereocenters. The van der Waals surface area contributed by atoms with Crippen LogP contribution in [0.5, 0.6) is 0 Å². The van der Waals surface area contributed by atoms with E-state index in [0.717, 1.165) is 16.6 Å². The van der Waals surface area contributed by atoms with Crippen LogP contribution in [0.1, 0.15) is 21.6 Å². The summed E-state index contributed by atoms with van der Waals surface area (Å²) in [5, 5.41) is 1.12. The predicted molar refractivity (Wildman–Crippen MR) is 74.9 cm³/mol. The number of rotatable bonds is 3. The first kappa shape index (κ1) is 12.4. The molecule has 1 amide bonds. The van der Waals surface area contributed by atoms with E-state index in [1.807, 2.05) is 25.1 Å². The van der Waals surface area contributed by atoms with Crippen molar-refractivity contribution in [1.82, 2.24) is 9.88 Å². The summed E-state index contributed by atoms with van der Waals surface area (Å²) in [6, 6.07) is 5.78. The van der Waals surface area contributed by atoms with Crippen LogP contribution in [0.4, 0.5) is 0 Å². The lowest BCUT2D eigenvalue weighted by atomic mass is 10.1. The Bertz CT molecular complexity index is 610. The highest BCUT2D eigenvalue weighted by Crippen LogP contribution is 2.22. The van der Waals surface area contributed by atoms with E-state index in [1.165, 1.54) is 5.56 Å². The number of hydrogen-bond acceptors (Lipinski definition) is 1. The topological polar surface area (TPSA) is 36.1 Å². The van der Waals surface area contributed by atoms with Gasteiger partial charge in [0.05, 0.1) is 0 Å². The first-order chi connectivity index (χ1) is 8.54. The first-order valence-corrected chi connectivity index (χ1v) is 6.00. The molecule has 0 radical (unpaired) electrons. The summed E-state index contributed by atoms with van der Waals surface area (Å²) in [5.41, 5.74) is 4.14. The third-order valence-electron chi connectivity index (χ3n) is 3.30. The van der Waals surface area contributed by atoms with Crippen LogP contribution in [0.2, 0.25) is 0 Å². The van der Waals surface area contributed by atoms with E-state index in [9.17, 15) is 4.79 Å². The summed E-state index contributed by atoms with van der Waals surface area (Å²) in [6.07, 6.45) is 1.72. The molecule has 2 rings (SSSR count). The molecule has 0 fully saturated rings. The van der Waals surface area contributed by atoms with E-state index in [1.54, 1.807) is 18.0 Å². The Labute approximate surface area is 107 Å². The molecule has 0 spiro atoms. The molecule has 1 N–H and O–H groups in total. The number of carbonyl (C=O) groups excluding carboxylic acids is 1. The number of aromatic nitrogens is 1. The largest absolute Gasteiger partial charge is 0.358 e. The number of H-pyrrole nitrogens is 1. The molecule has 1 heterocycles. The highest BCUT2D eigenvalue weighted by Gasteiger charge is 2.12. The second-order valence-corrected chi connectivity index (χ2v) is 4.61. The van der Waals surface area contributed by atoms with Gasteiger partial charge >= 0.3 is 0 Å². The number of hydrogen-bond donors (Lipinski definition) is 1. The fourth-order valence-corrected chi connectivity index (χ4v) is 2.09. The molecule has 2 aromatic rings. The van der Waals surface area contributed by atoms with E-state index in [-0.39, 0.29) is 5.91 Å². The molecule has 1 aromatic carbocycles. The van der Waals surface area contributed by atoms with Crippen molar-refractivity contribution in [3.63, 3.8) is 0 Å². The zero-order chi connectivity index (χ0) is 13.3. The van der Waals surface area contributed by atoms with Crippen molar-refractivity contribution in [3.05, 3.63) is 47.7 Å². The lowest BCUT2D eigenvalue weighted by Gasteiger charge is -2.14. The van der Waals surface area contributed by atoms with Gasteiger partial charge < -0.3 is 9.88 Å². The van der Waals surface area contributed by atoms with E-state index in [4.69, 9.17) is 0 Å². The molecule has 3 heteroatoms. The SMILES string of the molecule is C=CCN(C)C(=O)c1ccc2[nH]c(C)c(C)c2c1. The zero-order valence-electron chi connectivity index (χ0n) is 11.1. The van der Waals surface area contributed by atoms with Crippen LogP contribution in [0.15, 0.2) is 30.9 Å². The lowest BCUT2D eigenvalue weighted by molar-refractivity contribution is 0.0810. The number of nitrogens with zero attached hydrogens (tertiary/aromatic N) is 1. The van der Waals surface area contributed by atoms with Gasteiger partial charge in [-0.25, -0.2) is 0 Å². The number of likely N-dealkylation sites (N-methyl/N-ethyl adjacent to an activating group) is 1. The first-order valence-electron chi connectivity index (χ1n) is 6.00. The van der Waals surface area contributed by atoms with Gasteiger partial charge in [0.2, 0.25) is 0 Å². The number of carbonyl (C=O) groups is 1. The smallest absolute Gasteiger partial charge is 0.253 e. The number of aromatic amines is 1. The average molecular weight is 242 g/mol. The molecular weight excluding hydrogens is 224 g/mol. The van der Waals surface area contributed by atoms with Crippen molar-refractivity contribution in [3.8, 4) is 0 Å². The minimum Gasteiger partial charge on any atom is -0.358 e. The monoisotopic (exact) mass is 242 g/mol. The van der Waals surface area contributed by atoms with Crippen LogP contribution in [-0.2, 0) is 0 Å². The van der Waals surface area contributed by atoms with Gasteiger partial charge in [0.15, 0.2) is 0 Å². The van der Waals surface area contributed by atoms with Crippen LogP contribution in [0.3, 0.4) is 0 Å². The third kappa shape index (κ3) is 2.04. The van der Waals surface area contributed by atoms with Gasteiger partial charge in [-0.15, -0.1) is 6.58 Å². The molecular formula is C15H18N2O. The number of amides is 1. The van der Waals surface area contributed by atoms with Crippen LogP contribution in [0.25, 0.3) is 10.9 Å². The summed E-state index contributed by atoms with van der Waals surface area (Å²) in [7, 11) is 1.78. The van der Waals surface area contributed by atoms with Crippen molar-refractivity contribution < 1.29 is 4.79 Å². The van der Waals surface area contributed by atoms with Gasteiger partial charge in [0.25, 0.3) is 5.91 Å². The number of benzene rings is 1. The summed E-state index contributed by atoms with van der Waals surface area (Å²) in [4.78, 5) is 17.1. The second kappa shape index (κ2) is 4.69. The Morgan fingerprint density at radius 1 is 1.44 bits per heavy atom. The Balaban J connectivity index is 2.43. The predicted octanol–water partition coefficient (Wildman–Crippen LogP) is 3.04. The van der Waals surface area contributed by atoms with Crippen molar-refractivity contribution in [2.75, 3.05) is 13.6 Å². The number of fused-ring (bicyclic) bond motifs is 1. The van der Waals surface area contributed by atoms with E-state index in [2.05, 4.69) is 18.5 Å². The van der Waals surface area contributed by atoms with Crippen molar-refractivity contribution in [2.24, 2.45) is 0 Å². The van der Waals surface area contributed by atoms with Gasteiger partial charge in [0, 0.05) is 35.8 Å². The van der Waals surface area contributed by atoms with Crippen LogP contribution < -0.4 is 0 Å². The van der Waals surface area contributed by atoms with Gasteiger partial charge in [0.1, 0.15) is 0 Å². The maximum Gasteiger partial charge on any atom is 0.253 e.